The molecule has 30 heavy (non-hydrogen) atoms. The molecule has 1 N–H and O–H groups in total. The van der Waals surface area contributed by atoms with Crippen molar-refractivity contribution in [3.05, 3.63) is 71.5 Å². The first kappa shape index (κ1) is 21.8. The van der Waals surface area contributed by atoms with E-state index in [0.717, 1.165) is 5.56 Å². The minimum Gasteiger partial charge on any atom is -0.444 e. The number of nitrogens with one attached hydrogen (secondary N) is 1. The van der Waals surface area contributed by atoms with Crippen LogP contribution in [0.25, 0.3) is 0 Å². The number of amides is 2. The second-order valence-electron chi connectivity index (χ2n) is 8.78. The maximum absolute atomic E-state index is 14.0. The average Bonchev–Trinajstić information content (AvgIpc) is 2.72. The third-order valence-corrected chi connectivity index (χ3v) is 5.46. The Bertz CT molecular complexity index is 885. The van der Waals surface area contributed by atoms with Crippen LogP contribution in [0.3, 0.4) is 0 Å². The van der Waals surface area contributed by atoms with Gasteiger partial charge in [0.05, 0.1) is 5.56 Å². The molecule has 0 aliphatic carbocycles. The number of hydrogen-bond acceptors (Lipinski definition) is 3. The van der Waals surface area contributed by atoms with Crippen molar-refractivity contribution in [2.75, 3.05) is 19.6 Å². The quantitative estimate of drug-likeness (QED) is 0.803. The topological polar surface area (TPSA) is 58.6 Å². The minimum atomic E-state index is -0.543. The number of hydrogen-bond donors (Lipinski definition) is 1. The number of piperidine rings is 1. The maximum atomic E-state index is 14.0. The number of benzene rings is 2. The average molecular weight is 413 g/mol. The van der Waals surface area contributed by atoms with Crippen LogP contribution in [0.5, 0.6) is 0 Å². The summed E-state index contributed by atoms with van der Waals surface area (Å²) in [7, 11) is 0. The van der Waals surface area contributed by atoms with E-state index in [0.29, 0.717) is 32.5 Å². The van der Waals surface area contributed by atoms with Crippen molar-refractivity contribution in [1.82, 2.24) is 10.2 Å². The van der Waals surface area contributed by atoms with Gasteiger partial charge in [-0.1, -0.05) is 42.5 Å². The van der Waals surface area contributed by atoms with Crippen molar-refractivity contribution in [2.24, 2.45) is 0 Å². The molecule has 0 unspecified atom stereocenters. The molecule has 2 aromatic carbocycles. The van der Waals surface area contributed by atoms with E-state index < -0.39 is 17.3 Å². The number of rotatable bonds is 4. The molecule has 2 aromatic rings. The lowest BCUT2D eigenvalue weighted by atomic mass is 9.72. The minimum absolute atomic E-state index is 0.0342. The van der Waals surface area contributed by atoms with Crippen molar-refractivity contribution in [3.8, 4) is 0 Å². The number of carbonyl (C=O) groups is 2. The lowest BCUT2D eigenvalue weighted by molar-refractivity contribution is 0.0162. The summed E-state index contributed by atoms with van der Waals surface area (Å²) >= 11 is 0. The van der Waals surface area contributed by atoms with E-state index >= 15 is 0 Å². The second kappa shape index (κ2) is 8.86. The summed E-state index contributed by atoms with van der Waals surface area (Å²) in [6.07, 6.45) is 1.03. The van der Waals surface area contributed by atoms with E-state index in [1.807, 2.05) is 51.1 Å². The Hall–Kier alpha value is -2.89. The summed E-state index contributed by atoms with van der Waals surface area (Å²) in [6.45, 7) is 6.97. The lowest BCUT2D eigenvalue weighted by Crippen LogP contribution is -2.51. The molecule has 0 saturated carbocycles. The molecule has 3 rings (SSSR count). The van der Waals surface area contributed by atoms with Gasteiger partial charge >= 0.3 is 6.09 Å². The predicted octanol–water partition coefficient (Wildman–Crippen LogP) is 4.52. The summed E-state index contributed by atoms with van der Waals surface area (Å²) in [5, 5.41) is 2.92. The Morgan fingerprint density at radius 3 is 2.23 bits per heavy atom. The number of ether oxygens (including phenoxy) is 1. The van der Waals surface area contributed by atoms with Crippen LogP contribution in [-0.2, 0) is 10.2 Å². The van der Waals surface area contributed by atoms with Crippen molar-refractivity contribution >= 4 is 12.0 Å². The first-order valence-electron chi connectivity index (χ1n) is 10.3. The molecule has 1 fully saturated rings. The largest absolute Gasteiger partial charge is 0.444 e. The highest BCUT2D eigenvalue weighted by molar-refractivity contribution is 5.94. The van der Waals surface area contributed by atoms with Crippen LogP contribution in [-0.4, -0.2) is 42.1 Å². The third kappa shape index (κ3) is 5.17. The molecule has 1 aliphatic heterocycles. The van der Waals surface area contributed by atoms with E-state index in [1.165, 1.54) is 12.1 Å². The maximum Gasteiger partial charge on any atom is 0.410 e. The molecular weight excluding hydrogens is 383 g/mol. The molecule has 0 radical (unpaired) electrons. The molecule has 1 saturated heterocycles. The Labute approximate surface area is 177 Å². The zero-order valence-corrected chi connectivity index (χ0v) is 17.8. The van der Waals surface area contributed by atoms with Gasteiger partial charge in [0.15, 0.2) is 0 Å². The molecule has 160 valence electrons. The number of nitrogens with zero attached hydrogens (tertiary/aromatic N) is 1. The van der Waals surface area contributed by atoms with E-state index in [9.17, 15) is 14.0 Å². The van der Waals surface area contributed by atoms with Gasteiger partial charge in [-0.15, -0.1) is 0 Å². The van der Waals surface area contributed by atoms with Gasteiger partial charge < -0.3 is 15.0 Å². The van der Waals surface area contributed by atoms with Crippen LogP contribution in [0.4, 0.5) is 9.18 Å². The number of halogens is 1. The number of carbonyl (C=O) groups excluding carboxylic acids is 2. The van der Waals surface area contributed by atoms with E-state index in [2.05, 4.69) is 5.32 Å². The monoisotopic (exact) mass is 412 g/mol. The van der Waals surface area contributed by atoms with Crippen molar-refractivity contribution < 1.29 is 18.7 Å². The molecule has 1 aliphatic rings. The zero-order valence-electron chi connectivity index (χ0n) is 17.8. The normalized spacial score (nSPS) is 16.1. The third-order valence-electron chi connectivity index (χ3n) is 5.46. The van der Waals surface area contributed by atoms with Gasteiger partial charge in [-0.3, -0.25) is 4.79 Å². The van der Waals surface area contributed by atoms with Crippen molar-refractivity contribution in [2.45, 2.75) is 44.6 Å². The Morgan fingerprint density at radius 1 is 1.03 bits per heavy atom. The van der Waals surface area contributed by atoms with Crippen LogP contribution in [0, 0.1) is 5.82 Å². The fraction of sp³-hybridized carbons (Fsp3) is 0.417. The molecule has 6 heteroatoms. The molecule has 0 bridgehead atoms. The molecule has 0 aromatic heterocycles. The fourth-order valence-corrected chi connectivity index (χ4v) is 3.79. The Kier molecular flexibility index (Phi) is 6.44. The van der Waals surface area contributed by atoms with Crippen LogP contribution < -0.4 is 5.32 Å². The summed E-state index contributed by atoms with van der Waals surface area (Å²) in [5.41, 5.74) is 0.258. The highest BCUT2D eigenvalue weighted by Crippen LogP contribution is 2.35. The predicted molar refractivity (Wildman–Crippen MR) is 114 cm³/mol. The fourth-order valence-electron chi connectivity index (χ4n) is 3.79. The van der Waals surface area contributed by atoms with Crippen LogP contribution >= 0.6 is 0 Å². The summed E-state index contributed by atoms with van der Waals surface area (Å²) in [5.74, 6) is -0.971. The Balaban J connectivity index is 1.74. The zero-order chi connectivity index (χ0) is 21.8. The second-order valence-corrected chi connectivity index (χ2v) is 8.78. The van der Waals surface area contributed by atoms with Crippen LogP contribution in [0.2, 0.25) is 0 Å². The summed E-state index contributed by atoms with van der Waals surface area (Å²) in [4.78, 5) is 26.7. The van der Waals surface area contributed by atoms with Crippen LogP contribution in [0.1, 0.15) is 49.5 Å². The molecule has 2 amide bonds. The molecular formula is C24H29FN2O3. The van der Waals surface area contributed by atoms with Gasteiger partial charge in [-0.2, -0.15) is 0 Å². The molecule has 5 nitrogen and oxygen atoms in total. The smallest absolute Gasteiger partial charge is 0.410 e. The summed E-state index contributed by atoms with van der Waals surface area (Å²) in [6, 6.07) is 15.9. The first-order valence-corrected chi connectivity index (χ1v) is 10.3. The summed E-state index contributed by atoms with van der Waals surface area (Å²) < 4.78 is 19.5. The first-order chi connectivity index (χ1) is 14.2. The van der Waals surface area contributed by atoms with E-state index in [-0.39, 0.29) is 17.1 Å². The van der Waals surface area contributed by atoms with Gasteiger partial charge in [0.1, 0.15) is 11.4 Å². The van der Waals surface area contributed by atoms with Gasteiger partial charge in [-0.05, 0) is 51.3 Å². The van der Waals surface area contributed by atoms with Gasteiger partial charge in [0.2, 0.25) is 0 Å². The standard InChI is InChI=1S/C24H29FN2O3/c1-23(2,3)30-22(29)27-15-13-24(14-16-27,18-9-5-4-6-10-18)17-26-21(28)19-11-7-8-12-20(19)25/h4-12H,13-17H2,1-3H3,(H,26,28). The Morgan fingerprint density at radius 2 is 1.63 bits per heavy atom. The highest BCUT2D eigenvalue weighted by Gasteiger charge is 2.38. The number of likely N-dealkylation sites (tertiary alicyclic amines) is 1. The van der Waals surface area contributed by atoms with E-state index in [1.54, 1.807) is 17.0 Å². The van der Waals surface area contributed by atoms with Crippen molar-refractivity contribution in [1.29, 1.82) is 0 Å². The van der Waals surface area contributed by atoms with Gasteiger partial charge in [-0.25, -0.2) is 9.18 Å². The van der Waals surface area contributed by atoms with Gasteiger partial charge in [0, 0.05) is 25.0 Å². The molecule has 1 heterocycles. The highest BCUT2D eigenvalue weighted by atomic mass is 19.1. The van der Waals surface area contributed by atoms with Gasteiger partial charge in [0.25, 0.3) is 5.91 Å². The van der Waals surface area contributed by atoms with E-state index in [4.69, 9.17) is 4.74 Å². The SMILES string of the molecule is CC(C)(C)OC(=O)N1CCC(CNC(=O)c2ccccc2F)(c2ccccc2)CC1. The van der Waals surface area contributed by atoms with Crippen LogP contribution in [0.15, 0.2) is 54.6 Å². The molecule has 0 atom stereocenters. The van der Waals surface area contributed by atoms with Crippen molar-refractivity contribution in [3.63, 3.8) is 0 Å². The molecule has 0 spiro atoms. The lowest BCUT2D eigenvalue weighted by Gasteiger charge is -2.42.